The Kier molecular flexibility index (Phi) is 2.32. The summed E-state index contributed by atoms with van der Waals surface area (Å²) in [5, 5.41) is 17.2. The molecule has 1 heterocycles. The lowest BCUT2D eigenvalue weighted by Crippen LogP contribution is -2.48. The van der Waals surface area contributed by atoms with E-state index >= 15 is 0 Å². The lowest BCUT2D eigenvalue weighted by molar-refractivity contribution is -0.00781. The topological polar surface area (TPSA) is 45.9 Å². The average molecular weight is 303 g/mol. The largest absolute Gasteiger partial charge is 0.354 e. The fourth-order valence-corrected chi connectivity index (χ4v) is 5.94. The minimum atomic E-state index is -0.183. The van der Waals surface area contributed by atoms with Crippen LogP contribution in [-0.2, 0) is 10.5 Å². The van der Waals surface area contributed by atoms with Gasteiger partial charge >= 0.3 is 0 Å². The maximum atomic E-state index is 11.7. The summed E-state index contributed by atoms with van der Waals surface area (Å²) in [6.07, 6.45) is 7.91. The molecule has 4 fully saturated rings. The van der Waals surface area contributed by atoms with Crippen LogP contribution >= 0.6 is 11.6 Å². The zero-order valence-electron chi connectivity index (χ0n) is 11.8. The molecule has 6 rings (SSSR count). The highest BCUT2D eigenvalue weighted by atomic mass is 35.5. The molecule has 0 atom stereocenters. The molecule has 0 saturated heterocycles. The van der Waals surface area contributed by atoms with E-state index in [1.807, 2.05) is 6.07 Å². The van der Waals surface area contributed by atoms with Crippen molar-refractivity contribution in [3.63, 3.8) is 0 Å². The van der Waals surface area contributed by atoms with E-state index in [-0.39, 0.29) is 16.2 Å². The Hall–Kier alpha value is -1.22. The molecule has 1 radical (unpaired) electrons. The molecule has 1 aromatic carbocycles. The number of hydrogen-bond acceptors (Lipinski definition) is 2. The van der Waals surface area contributed by atoms with Crippen LogP contribution in [0.5, 0.6) is 5.75 Å². The maximum absolute atomic E-state index is 11.7. The normalized spacial score (nSPS) is 37.5. The van der Waals surface area contributed by atoms with Crippen molar-refractivity contribution in [2.24, 2.45) is 17.8 Å². The first-order chi connectivity index (χ1) is 10.1. The quantitative estimate of drug-likeness (QED) is 0.736. The highest BCUT2D eigenvalue weighted by Gasteiger charge is 2.53. The molecule has 4 bridgehead atoms. The number of hydrogen-bond donors (Lipinski definition) is 0. The van der Waals surface area contributed by atoms with Crippen molar-refractivity contribution >= 4 is 22.6 Å². The SMILES string of the molecule is [O]c1ccc2c(C34CC5CC(CC(C5)C3)C4)noc2c1Cl. The van der Waals surface area contributed by atoms with E-state index in [1.54, 1.807) is 6.07 Å². The zero-order valence-corrected chi connectivity index (χ0v) is 12.5. The van der Waals surface area contributed by atoms with Gasteiger partial charge in [0, 0.05) is 10.8 Å². The summed E-state index contributed by atoms with van der Waals surface area (Å²) in [6, 6.07) is 3.40. The first-order valence-corrected chi connectivity index (χ1v) is 8.28. The number of benzene rings is 1. The van der Waals surface area contributed by atoms with Gasteiger partial charge in [-0.2, -0.15) is 0 Å². The van der Waals surface area contributed by atoms with Crippen LogP contribution in [0.2, 0.25) is 5.02 Å². The van der Waals surface area contributed by atoms with Gasteiger partial charge in [0.05, 0.1) is 5.69 Å². The van der Waals surface area contributed by atoms with E-state index in [0.29, 0.717) is 5.58 Å². The van der Waals surface area contributed by atoms with Gasteiger partial charge in [-0.3, -0.25) is 5.11 Å². The molecule has 0 spiro atoms. The Bertz CT molecular complexity index is 700. The summed E-state index contributed by atoms with van der Waals surface area (Å²) in [6.45, 7) is 0. The van der Waals surface area contributed by atoms with E-state index in [2.05, 4.69) is 5.16 Å². The number of rotatable bonds is 1. The van der Waals surface area contributed by atoms with Crippen molar-refractivity contribution in [1.29, 1.82) is 0 Å². The Balaban J connectivity index is 1.69. The van der Waals surface area contributed by atoms with Gasteiger partial charge in [0.1, 0.15) is 5.02 Å². The van der Waals surface area contributed by atoms with Crippen molar-refractivity contribution in [3.8, 4) is 5.75 Å². The molecular formula is C17H17ClNO2. The lowest BCUT2D eigenvalue weighted by Gasteiger charge is -2.56. The highest BCUT2D eigenvalue weighted by Crippen LogP contribution is 2.61. The second-order valence-electron chi connectivity index (χ2n) is 7.48. The summed E-state index contributed by atoms with van der Waals surface area (Å²) in [5.74, 6) is 2.39. The smallest absolute Gasteiger partial charge is 0.201 e. The van der Waals surface area contributed by atoms with Crippen LogP contribution in [-0.4, -0.2) is 5.16 Å². The molecular weight excluding hydrogens is 286 g/mol. The summed E-state index contributed by atoms with van der Waals surface area (Å²) < 4.78 is 5.47. The fourth-order valence-electron chi connectivity index (χ4n) is 5.74. The lowest BCUT2D eigenvalue weighted by atomic mass is 9.48. The van der Waals surface area contributed by atoms with Crippen molar-refractivity contribution < 1.29 is 9.63 Å². The van der Waals surface area contributed by atoms with Gasteiger partial charge in [0.15, 0.2) is 5.58 Å². The molecule has 21 heavy (non-hydrogen) atoms. The van der Waals surface area contributed by atoms with E-state index in [0.717, 1.165) is 28.8 Å². The van der Waals surface area contributed by atoms with Crippen LogP contribution in [0.3, 0.4) is 0 Å². The van der Waals surface area contributed by atoms with E-state index < -0.39 is 0 Å². The molecule has 4 heteroatoms. The third-order valence-corrected chi connectivity index (χ3v) is 6.44. The van der Waals surface area contributed by atoms with E-state index in [9.17, 15) is 5.11 Å². The molecule has 0 unspecified atom stereocenters. The number of nitrogens with zero attached hydrogens (tertiary/aromatic N) is 1. The second kappa shape index (κ2) is 3.95. The van der Waals surface area contributed by atoms with Crippen molar-refractivity contribution in [2.45, 2.75) is 43.9 Å². The van der Waals surface area contributed by atoms with Gasteiger partial charge in [0.25, 0.3) is 0 Å². The van der Waals surface area contributed by atoms with Gasteiger partial charge in [-0.25, -0.2) is 0 Å². The predicted molar refractivity (Wildman–Crippen MR) is 79.0 cm³/mol. The van der Waals surface area contributed by atoms with Gasteiger partial charge in [0.2, 0.25) is 5.75 Å². The van der Waals surface area contributed by atoms with Crippen LogP contribution in [0.15, 0.2) is 16.7 Å². The highest BCUT2D eigenvalue weighted by molar-refractivity contribution is 6.36. The zero-order chi connectivity index (χ0) is 14.2. The Labute approximate surface area is 128 Å². The molecule has 2 aromatic rings. The molecule has 0 aliphatic heterocycles. The van der Waals surface area contributed by atoms with E-state index in [4.69, 9.17) is 16.1 Å². The van der Waals surface area contributed by atoms with Crippen molar-refractivity contribution in [3.05, 3.63) is 22.8 Å². The van der Waals surface area contributed by atoms with Crippen LogP contribution in [0.4, 0.5) is 0 Å². The molecule has 1 aromatic heterocycles. The average Bonchev–Trinajstić information content (AvgIpc) is 2.87. The monoisotopic (exact) mass is 302 g/mol. The summed E-state index contributed by atoms with van der Waals surface area (Å²) >= 11 is 6.10. The van der Waals surface area contributed by atoms with Gasteiger partial charge in [-0.05, 0) is 68.4 Å². The fraction of sp³-hybridized carbons (Fsp3) is 0.588. The molecule has 109 valence electrons. The standard InChI is InChI=1S/C17H17ClNO2/c18-14-13(20)2-1-12-15(14)21-19-16(12)17-6-9-3-10(7-17)5-11(4-9)8-17/h1-2,9-11H,3-8H2. The Morgan fingerprint density at radius 3 is 2.33 bits per heavy atom. The molecule has 0 N–H and O–H groups in total. The van der Waals surface area contributed by atoms with Crippen LogP contribution in [0, 0.1) is 17.8 Å². The van der Waals surface area contributed by atoms with E-state index in [1.165, 1.54) is 38.5 Å². The minimum absolute atomic E-state index is 0.174. The molecule has 3 nitrogen and oxygen atoms in total. The summed E-state index contributed by atoms with van der Waals surface area (Å²) in [5.41, 5.74) is 1.72. The molecule has 4 aliphatic rings. The first kappa shape index (κ1) is 12.3. The summed E-state index contributed by atoms with van der Waals surface area (Å²) in [4.78, 5) is 0. The van der Waals surface area contributed by atoms with Gasteiger partial charge in [-0.15, -0.1) is 0 Å². The third kappa shape index (κ3) is 1.58. The van der Waals surface area contributed by atoms with Crippen LogP contribution < -0.4 is 0 Å². The molecule has 4 saturated carbocycles. The van der Waals surface area contributed by atoms with Gasteiger partial charge in [-0.1, -0.05) is 16.8 Å². The minimum Gasteiger partial charge on any atom is -0.354 e. The second-order valence-corrected chi connectivity index (χ2v) is 7.86. The van der Waals surface area contributed by atoms with Crippen LogP contribution in [0.1, 0.15) is 44.2 Å². The maximum Gasteiger partial charge on any atom is 0.201 e. The van der Waals surface area contributed by atoms with Gasteiger partial charge < -0.3 is 4.52 Å². The Morgan fingerprint density at radius 2 is 1.71 bits per heavy atom. The molecule has 0 amide bonds. The first-order valence-electron chi connectivity index (χ1n) is 7.90. The Morgan fingerprint density at radius 1 is 1.10 bits per heavy atom. The number of halogens is 1. The molecule has 4 aliphatic carbocycles. The van der Waals surface area contributed by atoms with Crippen LogP contribution in [0.25, 0.3) is 11.0 Å². The number of fused-ring (bicyclic) bond motifs is 1. The summed E-state index contributed by atoms with van der Waals surface area (Å²) in [7, 11) is 0. The predicted octanol–water partition coefficient (Wildman–Crippen LogP) is 5.09. The number of aromatic nitrogens is 1. The van der Waals surface area contributed by atoms with Crippen molar-refractivity contribution in [1.82, 2.24) is 5.16 Å². The third-order valence-electron chi connectivity index (χ3n) is 6.09. The van der Waals surface area contributed by atoms with Crippen molar-refractivity contribution in [2.75, 3.05) is 0 Å².